The van der Waals surface area contributed by atoms with Crippen LogP contribution in [0, 0.1) is 5.21 Å². The van der Waals surface area contributed by atoms with Gasteiger partial charge in [0.15, 0.2) is 12.4 Å². The van der Waals surface area contributed by atoms with Gasteiger partial charge in [0.2, 0.25) is 0 Å². The zero-order valence-corrected chi connectivity index (χ0v) is 7.15. The van der Waals surface area contributed by atoms with E-state index in [4.69, 9.17) is 0 Å². The van der Waals surface area contributed by atoms with Crippen LogP contribution in [0.3, 0.4) is 0 Å². The van der Waals surface area contributed by atoms with Crippen LogP contribution in [-0.2, 0) is 0 Å². The van der Waals surface area contributed by atoms with Gasteiger partial charge in [0.25, 0.3) is 6.43 Å². The monoisotopic (exact) mass is 195 g/mol. The molecule has 4 heteroatoms. The first-order valence-electron chi connectivity index (χ1n) is 4.08. The van der Waals surface area contributed by atoms with Gasteiger partial charge < -0.3 is 5.21 Å². The summed E-state index contributed by atoms with van der Waals surface area (Å²) in [6.07, 6.45) is -0.435. The number of alkyl halides is 2. The van der Waals surface area contributed by atoms with E-state index in [9.17, 15) is 14.0 Å². The summed E-state index contributed by atoms with van der Waals surface area (Å²) in [5.74, 6) is 0. The Kier molecular flexibility index (Phi) is 2.04. The van der Waals surface area contributed by atoms with Gasteiger partial charge in [0.1, 0.15) is 0 Å². The zero-order valence-electron chi connectivity index (χ0n) is 7.15. The minimum Gasteiger partial charge on any atom is -0.619 e. The van der Waals surface area contributed by atoms with E-state index < -0.39 is 6.43 Å². The summed E-state index contributed by atoms with van der Waals surface area (Å²) in [7, 11) is 0. The molecular formula is C10H7F2NO. The second kappa shape index (κ2) is 3.21. The topological polar surface area (TPSA) is 26.9 Å². The first-order chi connectivity index (χ1) is 6.68. The van der Waals surface area contributed by atoms with Crippen LogP contribution in [0.1, 0.15) is 12.0 Å². The van der Waals surface area contributed by atoms with Crippen molar-refractivity contribution in [3.63, 3.8) is 0 Å². The van der Waals surface area contributed by atoms with Gasteiger partial charge >= 0.3 is 0 Å². The number of hydrogen-bond donors (Lipinski definition) is 0. The van der Waals surface area contributed by atoms with Crippen LogP contribution in [-0.4, -0.2) is 0 Å². The maximum Gasteiger partial charge on any atom is 0.270 e. The average molecular weight is 195 g/mol. The number of halogens is 2. The number of benzene rings is 1. The maximum absolute atomic E-state index is 12.5. The highest BCUT2D eigenvalue weighted by molar-refractivity contribution is 5.84. The average Bonchev–Trinajstić information content (AvgIpc) is 2.16. The third-order valence-corrected chi connectivity index (χ3v) is 2.04. The molecular weight excluding hydrogens is 188 g/mol. The second-order valence-electron chi connectivity index (χ2n) is 2.96. The van der Waals surface area contributed by atoms with Crippen molar-refractivity contribution in [3.8, 4) is 0 Å². The third kappa shape index (κ3) is 1.39. The number of rotatable bonds is 1. The number of pyridine rings is 1. The van der Waals surface area contributed by atoms with Crippen molar-refractivity contribution in [1.82, 2.24) is 0 Å². The van der Waals surface area contributed by atoms with Crippen molar-refractivity contribution in [2.45, 2.75) is 6.43 Å². The SMILES string of the molecule is [O-][n+]1cc(C(F)F)c2ccccc2c1. The molecule has 0 fully saturated rings. The molecule has 0 spiro atoms. The molecule has 1 heterocycles. The van der Waals surface area contributed by atoms with Gasteiger partial charge in [-0.25, -0.2) is 8.78 Å². The largest absolute Gasteiger partial charge is 0.619 e. The summed E-state index contributed by atoms with van der Waals surface area (Å²) in [5.41, 5.74) is -0.224. The molecule has 0 saturated heterocycles. The molecule has 1 aromatic carbocycles. The van der Waals surface area contributed by atoms with Crippen LogP contribution >= 0.6 is 0 Å². The third-order valence-electron chi connectivity index (χ3n) is 2.04. The molecule has 0 aliphatic heterocycles. The maximum atomic E-state index is 12.5. The van der Waals surface area contributed by atoms with Gasteiger partial charge in [-0.1, -0.05) is 18.2 Å². The predicted octanol–water partition coefficient (Wildman–Crippen LogP) is 2.41. The Labute approximate surface area is 79.0 Å². The number of hydrogen-bond acceptors (Lipinski definition) is 1. The van der Waals surface area contributed by atoms with Gasteiger partial charge in [-0.15, -0.1) is 0 Å². The molecule has 0 aliphatic carbocycles. The molecule has 0 N–H and O–H groups in total. The Morgan fingerprint density at radius 2 is 1.86 bits per heavy atom. The molecule has 2 rings (SSSR count). The van der Waals surface area contributed by atoms with Crippen molar-refractivity contribution in [3.05, 3.63) is 47.4 Å². The smallest absolute Gasteiger partial charge is 0.270 e. The molecule has 0 bridgehead atoms. The van der Waals surface area contributed by atoms with Crippen molar-refractivity contribution in [2.75, 3.05) is 0 Å². The van der Waals surface area contributed by atoms with Gasteiger partial charge in [-0.2, -0.15) is 4.73 Å². The fourth-order valence-electron chi connectivity index (χ4n) is 1.43. The van der Waals surface area contributed by atoms with Crippen molar-refractivity contribution < 1.29 is 13.5 Å². The summed E-state index contributed by atoms with van der Waals surface area (Å²) >= 11 is 0. The fraction of sp³-hybridized carbons (Fsp3) is 0.100. The first-order valence-corrected chi connectivity index (χ1v) is 4.08. The summed E-state index contributed by atoms with van der Waals surface area (Å²) in [4.78, 5) is 0. The lowest BCUT2D eigenvalue weighted by atomic mass is 10.1. The molecule has 0 aliphatic rings. The molecule has 72 valence electrons. The Hall–Kier alpha value is -1.71. The minimum absolute atomic E-state index is 0.224. The molecule has 1 aromatic heterocycles. The molecule has 0 saturated carbocycles. The minimum atomic E-state index is -2.62. The van der Waals surface area contributed by atoms with Gasteiger partial charge in [-0.05, 0) is 6.07 Å². The van der Waals surface area contributed by atoms with E-state index in [0.717, 1.165) is 6.20 Å². The van der Waals surface area contributed by atoms with E-state index in [1.54, 1.807) is 24.3 Å². The molecule has 0 atom stereocenters. The molecule has 0 radical (unpaired) electrons. The van der Waals surface area contributed by atoms with Crippen LogP contribution in [0.2, 0.25) is 0 Å². The molecule has 0 amide bonds. The lowest BCUT2D eigenvalue weighted by molar-refractivity contribution is -0.604. The highest BCUT2D eigenvalue weighted by atomic mass is 19.3. The molecule has 14 heavy (non-hydrogen) atoms. The van der Waals surface area contributed by atoms with E-state index in [0.29, 0.717) is 15.5 Å². The Morgan fingerprint density at radius 3 is 2.57 bits per heavy atom. The summed E-state index contributed by atoms with van der Waals surface area (Å²) < 4.78 is 25.5. The number of nitrogens with zero attached hydrogens (tertiary/aromatic N) is 1. The Balaban J connectivity index is 2.80. The lowest BCUT2D eigenvalue weighted by Crippen LogP contribution is -2.25. The van der Waals surface area contributed by atoms with Crippen LogP contribution < -0.4 is 4.73 Å². The Morgan fingerprint density at radius 1 is 1.14 bits per heavy atom. The van der Waals surface area contributed by atoms with E-state index in [2.05, 4.69) is 0 Å². The fourth-order valence-corrected chi connectivity index (χ4v) is 1.43. The van der Waals surface area contributed by atoms with Crippen LogP contribution in [0.5, 0.6) is 0 Å². The second-order valence-corrected chi connectivity index (χ2v) is 2.96. The summed E-state index contributed by atoms with van der Waals surface area (Å²) in [6.45, 7) is 0. The van der Waals surface area contributed by atoms with E-state index in [-0.39, 0.29) is 5.56 Å². The lowest BCUT2D eigenvalue weighted by Gasteiger charge is -2.04. The van der Waals surface area contributed by atoms with E-state index in [1.807, 2.05) is 0 Å². The summed E-state index contributed by atoms with van der Waals surface area (Å²) in [5, 5.41) is 11.9. The number of fused-ring (bicyclic) bond motifs is 1. The predicted molar refractivity (Wildman–Crippen MR) is 47.9 cm³/mol. The normalized spacial score (nSPS) is 11.1. The Bertz CT molecular complexity index is 471. The van der Waals surface area contributed by atoms with E-state index >= 15 is 0 Å². The van der Waals surface area contributed by atoms with Gasteiger partial charge in [-0.3, -0.25) is 0 Å². The van der Waals surface area contributed by atoms with Gasteiger partial charge in [0, 0.05) is 10.8 Å². The molecule has 0 unspecified atom stereocenters. The highest BCUT2D eigenvalue weighted by Gasteiger charge is 2.15. The first kappa shape index (κ1) is 8.87. The molecule has 2 aromatic rings. The highest BCUT2D eigenvalue weighted by Crippen LogP contribution is 2.25. The van der Waals surface area contributed by atoms with Crippen LogP contribution in [0.4, 0.5) is 8.78 Å². The van der Waals surface area contributed by atoms with Crippen molar-refractivity contribution in [2.24, 2.45) is 0 Å². The van der Waals surface area contributed by atoms with Crippen LogP contribution in [0.25, 0.3) is 10.8 Å². The van der Waals surface area contributed by atoms with Crippen molar-refractivity contribution >= 4 is 10.8 Å². The summed E-state index contributed by atoms with van der Waals surface area (Å²) in [6, 6.07) is 6.59. The zero-order chi connectivity index (χ0) is 10.1. The van der Waals surface area contributed by atoms with Gasteiger partial charge in [0.05, 0.1) is 5.56 Å². The van der Waals surface area contributed by atoms with Crippen molar-refractivity contribution in [1.29, 1.82) is 0 Å². The molecule has 2 nitrogen and oxygen atoms in total. The van der Waals surface area contributed by atoms with Crippen LogP contribution in [0.15, 0.2) is 36.7 Å². The number of aromatic nitrogens is 1. The standard InChI is InChI=1S/C10H7F2NO/c11-10(12)9-6-13(14)5-7-3-1-2-4-8(7)9/h1-6,10H. The quantitative estimate of drug-likeness (QED) is 0.507. The van der Waals surface area contributed by atoms with E-state index in [1.165, 1.54) is 6.20 Å².